The van der Waals surface area contributed by atoms with Crippen molar-refractivity contribution in [3.05, 3.63) is 58.1 Å². The van der Waals surface area contributed by atoms with Gasteiger partial charge < -0.3 is 9.88 Å². The molecule has 1 aromatic carbocycles. The highest BCUT2D eigenvalue weighted by Crippen LogP contribution is 2.14. The number of H-pyrrole nitrogens is 1. The fourth-order valence-corrected chi connectivity index (χ4v) is 3.35. The predicted octanol–water partition coefficient (Wildman–Crippen LogP) is 2.15. The van der Waals surface area contributed by atoms with Crippen LogP contribution in [0.5, 0.6) is 0 Å². The van der Waals surface area contributed by atoms with Gasteiger partial charge in [-0.1, -0.05) is 30.4 Å². The fraction of sp³-hybridized carbons (Fsp3) is 0.235. The van der Waals surface area contributed by atoms with Crippen molar-refractivity contribution in [2.24, 2.45) is 0 Å². The zero-order valence-electron chi connectivity index (χ0n) is 14.1. The number of carbonyl (C=O) groups excluding carboxylic acids is 1. The van der Waals surface area contributed by atoms with Gasteiger partial charge in [0, 0.05) is 0 Å². The van der Waals surface area contributed by atoms with Gasteiger partial charge in [0.05, 0.1) is 36.1 Å². The number of aromatic amines is 1. The molecule has 0 atom stereocenters. The molecule has 1 amide bonds. The lowest BCUT2D eigenvalue weighted by Crippen LogP contribution is -2.23. The number of imidazole rings is 1. The fourth-order valence-electron chi connectivity index (χ4n) is 2.63. The summed E-state index contributed by atoms with van der Waals surface area (Å²) in [6, 6.07) is 9.67. The van der Waals surface area contributed by atoms with Crippen molar-refractivity contribution in [1.29, 1.82) is 0 Å². The lowest BCUT2D eigenvalue weighted by Gasteiger charge is -2.01. The molecular weight excluding hydrogens is 350 g/mol. The van der Waals surface area contributed by atoms with Gasteiger partial charge in [0.2, 0.25) is 0 Å². The van der Waals surface area contributed by atoms with Crippen molar-refractivity contribution in [2.45, 2.75) is 26.4 Å². The molecule has 0 saturated carbocycles. The molecular formula is C17H17N7OS. The second-order valence-electron chi connectivity index (χ2n) is 5.77. The molecule has 0 aliphatic rings. The molecule has 0 bridgehead atoms. The summed E-state index contributed by atoms with van der Waals surface area (Å²) in [5, 5.41) is 19.7. The van der Waals surface area contributed by atoms with E-state index < -0.39 is 0 Å². The van der Waals surface area contributed by atoms with Crippen LogP contribution in [0.2, 0.25) is 0 Å². The van der Waals surface area contributed by atoms with Gasteiger partial charge in [-0.25, -0.2) is 4.98 Å². The first kappa shape index (κ1) is 16.4. The number of rotatable bonds is 6. The van der Waals surface area contributed by atoms with E-state index in [0.717, 1.165) is 33.2 Å². The van der Waals surface area contributed by atoms with Crippen molar-refractivity contribution < 1.29 is 4.79 Å². The Bertz CT molecular complexity index is 1050. The lowest BCUT2D eigenvalue weighted by molar-refractivity contribution is 0.0946. The Kier molecular flexibility index (Phi) is 4.44. The van der Waals surface area contributed by atoms with Crippen LogP contribution in [0.3, 0.4) is 0 Å². The molecule has 9 heteroatoms. The Morgan fingerprint density at radius 1 is 1.27 bits per heavy atom. The summed E-state index contributed by atoms with van der Waals surface area (Å²) in [7, 11) is 0. The number of aromatic nitrogens is 6. The first-order valence-electron chi connectivity index (χ1n) is 8.26. The van der Waals surface area contributed by atoms with E-state index in [4.69, 9.17) is 0 Å². The molecule has 3 heterocycles. The smallest absolute Gasteiger partial charge is 0.272 e. The Labute approximate surface area is 153 Å². The topological polar surface area (TPSA) is 101 Å². The highest BCUT2D eigenvalue weighted by atomic mass is 32.1. The van der Waals surface area contributed by atoms with Gasteiger partial charge in [0.1, 0.15) is 15.7 Å². The van der Waals surface area contributed by atoms with Crippen molar-refractivity contribution in [3.8, 4) is 0 Å². The van der Waals surface area contributed by atoms with Gasteiger partial charge in [-0.15, -0.1) is 10.2 Å². The maximum Gasteiger partial charge on any atom is 0.272 e. The van der Waals surface area contributed by atoms with Gasteiger partial charge in [0.15, 0.2) is 0 Å². The molecule has 0 unspecified atom stereocenters. The third-order valence-corrected chi connectivity index (χ3v) is 5.01. The summed E-state index contributed by atoms with van der Waals surface area (Å²) in [5.74, 6) is -0.240. The van der Waals surface area contributed by atoms with Crippen LogP contribution in [-0.2, 0) is 19.5 Å². The number of nitrogens with zero attached hydrogens (tertiary/aromatic N) is 5. The van der Waals surface area contributed by atoms with Gasteiger partial charge in [0.25, 0.3) is 5.91 Å². The van der Waals surface area contributed by atoms with Crippen molar-refractivity contribution in [1.82, 2.24) is 35.3 Å². The van der Waals surface area contributed by atoms with E-state index in [1.807, 2.05) is 35.8 Å². The number of fused-ring (bicyclic) bond motifs is 1. The molecule has 132 valence electrons. The number of hydrogen-bond acceptors (Lipinski definition) is 6. The number of aryl methyl sites for hydroxylation is 1. The van der Waals surface area contributed by atoms with E-state index >= 15 is 0 Å². The molecule has 26 heavy (non-hydrogen) atoms. The zero-order chi connectivity index (χ0) is 17.9. The minimum atomic E-state index is -0.240. The number of benzene rings is 1. The molecule has 0 radical (unpaired) electrons. The van der Waals surface area contributed by atoms with Crippen LogP contribution in [0.15, 0.2) is 36.7 Å². The van der Waals surface area contributed by atoms with E-state index in [9.17, 15) is 4.79 Å². The second kappa shape index (κ2) is 7.04. The van der Waals surface area contributed by atoms with E-state index in [2.05, 4.69) is 30.7 Å². The molecule has 0 saturated heterocycles. The van der Waals surface area contributed by atoms with Crippen LogP contribution in [0.25, 0.3) is 11.0 Å². The maximum atomic E-state index is 12.3. The van der Waals surface area contributed by atoms with Crippen LogP contribution in [-0.4, -0.2) is 35.9 Å². The Morgan fingerprint density at radius 2 is 2.12 bits per heavy atom. The predicted molar refractivity (Wildman–Crippen MR) is 97.9 cm³/mol. The standard InChI is InChI=1S/C17H17N7OS/c1-2-15-22-23-16(26-15)8-18-17(25)13-7-11(20-21-13)9-24-10-19-12-5-3-4-6-14(12)24/h3-7,10H,2,8-9H2,1H3,(H,18,25)(H,20,21). The molecule has 4 aromatic rings. The van der Waals surface area contributed by atoms with Gasteiger partial charge in [-0.2, -0.15) is 5.10 Å². The van der Waals surface area contributed by atoms with Crippen LogP contribution in [0.4, 0.5) is 0 Å². The summed E-state index contributed by atoms with van der Waals surface area (Å²) < 4.78 is 2.01. The number of amides is 1. The number of para-hydroxylation sites is 2. The third kappa shape index (κ3) is 3.33. The quantitative estimate of drug-likeness (QED) is 0.544. The van der Waals surface area contributed by atoms with E-state index in [1.165, 1.54) is 11.3 Å². The van der Waals surface area contributed by atoms with Gasteiger partial charge in [-0.05, 0) is 24.6 Å². The molecule has 0 fully saturated rings. The van der Waals surface area contributed by atoms with E-state index in [-0.39, 0.29) is 5.91 Å². The van der Waals surface area contributed by atoms with Crippen LogP contribution >= 0.6 is 11.3 Å². The zero-order valence-corrected chi connectivity index (χ0v) is 15.0. The number of carbonyl (C=O) groups is 1. The Hall–Kier alpha value is -3.07. The SMILES string of the molecule is CCc1nnc(CNC(=O)c2cc(Cn3cnc4ccccc43)[nH]n2)s1. The molecule has 8 nitrogen and oxygen atoms in total. The van der Waals surface area contributed by atoms with Crippen LogP contribution in [0.1, 0.15) is 33.1 Å². The molecule has 3 aromatic heterocycles. The lowest BCUT2D eigenvalue weighted by atomic mass is 10.3. The summed E-state index contributed by atoms with van der Waals surface area (Å²) in [5.41, 5.74) is 3.16. The Balaban J connectivity index is 1.41. The Morgan fingerprint density at radius 3 is 2.96 bits per heavy atom. The minimum absolute atomic E-state index is 0.240. The summed E-state index contributed by atoms with van der Waals surface area (Å²) in [4.78, 5) is 16.6. The summed E-state index contributed by atoms with van der Waals surface area (Å²) >= 11 is 1.50. The molecule has 4 rings (SSSR count). The largest absolute Gasteiger partial charge is 0.344 e. The normalized spacial score (nSPS) is 11.1. The summed E-state index contributed by atoms with van der Waals surface area (Å²) in [6.45, 7) is 2.94. The van der Waals surface area contributed by atoms with Gasteiger partial charge >= 0.3 is 0 Å². The monoisotopic (exact) mass is 367 g/mol. The molecule has 0 aliphatic carbocycles. The minimum Gasteiger partial charge on any atom is -0.344 e. The highest BCUT2D eigenvalue weighted by Gasteiger charge is 2.12. The third-order valence-electron chi connectivity index (χ3n) is 3.94. The number of nitrogens with one attached hydrogen (secondary N) is 2. The highest BCUT2D eigenvalue weighted by molar-refractivity contribution is 7.11. The first-order valence-corrected chi connectivity index (χ1v) is 9.08. The number of hydrogen-bond donors (Lipinski definition) is 2. The van der Waals surface area contributed by atoms with Crippen molar-refractivity contribution in [2.75, 3.05) is 0 Å². The first-order chi connectivity index (χ1) is 12.7. The second-order valence-corrected chi connectivity index (χ2v) is 6.91. The molecule has 0 spiro atoms. The maximum absolute atomic E-state index is 12.3. The molecule has 2 N–H and O–H groups in total. The summed E-state index contributed by atoms with van der Waals surface area (Å²) in [6.07, 6.45) is 2.63. The van der Waals surface area contributed by atoms with Crippen molar-refractivity contribution in [3.63, 3.8) is 0 Å². The van der Waals surface area contributed by atoms with Gasteiger partial charge in [-0.3, -0.25) is 9.89 Å². The van der Waals surface area contributed by atoms with Crippen molar-refractivity contribution >= 4 is 28.3 Å². The molecule has 0 aliphatic heterocycles. The van der Waals surface area contributed by atoms with E-state index in [0.29, 0.717) is 18.8 Å². The average Bonchev–Trinajstić information content (AvgIpc) is 3.40. The van der Waals surface area contributed by atoms with Crippen LogP contribution in [0, 0.1) is 0 Å². The van der Waals surface area contributed by atoms with Crippen LogP contribution < -0.4 is 5.32 Å². The average molecular weight is 367 g/mol. The van der Waals surface area contributed by atoms with E-state index in [1.54, 1.807) is 12.4 Å².